The maximum Gasteiger partial charge on any atom is 0.265 e. The lowest BCUT2D eigenvalue weighted by molar-refractivity contribution is 0.0961. The highest BCUT2D eigenvalue weighted by molar-refractivity contribution is 7.14. The van der Waals surface area contributed by atoms with Gasteiger partial charge in [0.2, 0.25) is 0 Å². The molecule has 3 rings (SSSR count). The molecule has 4 nitrogen and oxygen atoms in total. The van der Waals surface area contributed by atoms with Gasteiger partial charge in [0.15, 0.2) is 0 Å². The quantitative estimate of drug-likeness (QED) is 0.914. The van der Waals surface area contributed by atoms with Crippen molar-refractivity contribution in [2.75, 3.05) is 12.4 Å². The predicted octanol–water partition coefficient (Wildman–Crippen LogP) is 3.24. The van der Waals surface area contributed by atoms with Gasteiger partial charge < -0.3 is 10.6 Å². The zero-order chi connectivity index (χ0) is 15.5. The van der Waals surface area contributed by atoms with Gasteiger partial charge in [0.25, 0.3) is 11.8 Å². The van der Waals surface area contributed by atoms with Crippen LogP contribution in [0.15, 0.2) is 30.3 Å². The molecule has 0 saturated carbocycles. The van der Waals surface area contributed by atoms with Gasteiger partial charge in [0, 0.05) is 23.2 Å². The highest BCUT2D eigenvalue weighted by Gasteiger charge is 2.17. The Morgan fingerprint density at radius 1 is 1.09 bits per heavy atom. The van der Waals surface area contributed by atoms with Crippen molar-refractivity contribution >= 4 is 28.8 Å². The molecule has 1 aliphatic carbocycles. The molecular weight excluding hydrogens is 296 g/mol. The minimum absolute atomic E-state index is 0.103. The Morgan fingerprint density at radius 2 is 1.91 bits per heavy atom. The fourth-order valence-corrected chi connectivity index (χ4v) is 3.83. The number of thiophene rings is 1. The molecule has 2 amide bonds. The molecule has 0 saturated heterocycles. The number of amides is 2. The number of anilines is 1. The van der Waals surface area contributed by atoms with E-state index in [2.05, 4.69) is 10.6 Å². The molecule has 2 aromatic rings. The van der Waals surface area contributed by atoms with Crippen LogP contribution in [0.5, 0.6) is 0 Å². The summed E-state index contributed by atoms with van der Waals surface area (Å²) in [5.41, 5.74) is 2.49. The van der Waals surface area contributed by atoms with Gasteiger partial charge in [-0.25, -0.2) is 0 Å². The van der Waals surface area contributed by atoms with Crippen LogP contribution in [0, 0.1) is 0 Å². The van der Waals surface area contributed by atoms with Crippen LogP contribution < -0.4 is 10.6 Å². The monoisotopic (exact) mass is 314 g/mol. The van der Waals surface area contributed by atoms with E-state index >= 15 is 0 Å². The number of hydrogen-bond acceptors (Lipinski definition) is 3. The Kier molecular flexibility index (Phi) is 4.24. The van der Waals surface area contributed by atoms with Gasteiger partial charge in [-0.3, -0.25) is 9.59 Å². The van der Waals surface area contributed by atoms with E-state index in [1.165, 1.54) is 23.3 Å². The van der Waals surface area contributed by atoms with Gasteiger partial charge in [-0.1, -0.05) is 6.07 Å². The van der Waals surface area contributed by atoms with Crippen LogP contribution in [-0.4, -0.2) is 18.9 Å². The minimum Gasteiger partial charge on any atom is -0.355 e. The summed E-state index contributed by atoms with van der Waals surface area (Å²) in [5.74, 6) is -0.267. The number of carbonyl (C=O) groups is 2. The lowest BCUT2D eigenvalue weighted by atomic mass is 9.99. The second-order valence-corrected chi connectivity index (χ2v) is 6.52. The zero-order valence-electron chi connectivity index (χ0n) is 12.4. The summed E-state index contributed by atoms with van der Waals surface area (Å²) < 4.78 is 0. The van der Waals surface area contributed by atoms with Crippen LogP contribution in [0.4, 0.5) is 5.69 Å². The van der Waals surface area contributed by atoms with Gasteiger partial charge in [-0.05, 0) is 55.5 Å². The largest absolute Gasteiger partial charge is 0.355 e. The van der Waals surface area contributed by atoms with E-state index < -0.39 is 0 Å². The van der Waals surface area contributed by atoms with Crippen LogP contribution in [-0.2, 0) is 12.8 Å². The number of benzene rings is 1. The first kappa shape index (κ1) is 14.8. The second-order valence-electron chi connectivity index (χ2n) is 5.38. The summed E-state index contributed by atoms with van der Waals surface area (Å²) >= 11 is 1.59. The zero-order valence-corrected chi connectivity index (χ0v) is 13.3. The fraction of sp³-hybridized carbons (Fsp3) is 0.294. The second kappa shape index (κ2) is 6.32. The normalized spacial score (nSPS) is 13.3. The van der Waals surface area contributed by atoms with E-state index in [1.54, 1.807) is 42.6 Å². The average molecular weight is 314 g/mol. The van der Waals surface area contributed by atoms with E-state index in [9.17, 15) is 9.59 Å². The molecule has 0 atom stereocenters. The van der Waals surface area contributed by atoms with Crippen LogP contribution in [0.2, 0.25) is 0 Å². The molecule has 0 radical (unpaired) electrons. The lowest BCUT2D eigenvalue weighted by Gasteiger charge is -2.08. The Labute approximate surface area is 133 Å². The first-order valence-corrected chi connectivity index (χ1v) is 8.24. The average Bonchev–Trinajstić information content (AvgIpc) is 2.98. The number of hydrogen-bond donors (Lipinski definition) is 2. The highest BCUT2D eigenvalue weighted by atomic mass is 32.1. The summed E-state index contributed by atoms with van der Waals surface area (Å²) in [6.07, 6.45) is 4.58. The van der Waals surface area contributed by atoms with Gasteiger partial charge >= 0.3 is 0 Å². The number of aryl methyl sites for hydroxylation is 2. The van der Waals surface area contributed by atoms with Crippen molar-refractivity contribution in [2.24, 2.45) is 0 Å². The van der Waals surface area contributed by atoms with Crippen LogP contribution in [0.25, 0.3) is 0 Å². The lowest BCUT2D eigenvalue weighted by Crippen LogP contribution is -2.18. The predicted molar refractivity (Wildman–Crippen MR) is 88.7 cm³/mol. The van der Waals surface area contributed by atoms with Crippen molar-refractivity contribution in [3.8, 4) is 0 Å². The molecule has 5 heteroatoms. The van der Waals surface area contributed by atoms with E-state index in [1.807, 2.05) is 6.07 Å². The number of rotatable bonds is 3. The Morgan fingerprint density at radius 3 is 2.68 bits per heavy atom. The number of fused-ring (bicyclic) bond motifs is 1. The van der Waals surface area contributed by atoms with E-state index in [0.717, 1.165) is 17.7 Å². The third kappa shape index (κ3) is 3.04. The molecule has 2 N–H and O–H groups in total. The maximum atomic E-state index is 12.4. The van der Waals surface area contributed by atoms with Gasteiger partial charge in [0.1, 0.15) is 0 Å². The maximum absolute atomic E-state index is 12.4. The summed E-state index contributed by atoms with van der Waals surface area (Å²) in [4.78, 5) is 26.1. The number of nitrogens with one attached hydrogen (secondary N) is 2. The SMILES string of the molecule is CNC(=O)c1cccc(NC(=O)c2cc3c(s2)CCCC3)c1. The fourth-order valence-electron chi connectivity index (χ4n) is 2.68. The van der Waals surface area contributed by atoms with Crippen molar-refractivity contribution in [1.82, 2.24) is 5.32 Å². The summed E-state index contributed by atoms with van der Waals surface area (Å²) in [7, 11) is 1.59. The van der Waals surface area contributed by atoms with Gasteiger partial charge in [-0.2, -0.15) is 0 Å². The summed E-state index contributed by atoms with van der Waals surface area (Å²) in [6, 6.07) is 8.97. The number of carbonyl (C=O) groups excluding carboxylic acids is 2. The highest BCUT2D eigenvalue weighted by Crippen LogP contribution is 2.30. The molecule has 0 bridgehead atoms. The molecule has 0 unspecified atom stereocenters. The standard InChI is InChI=1S/C17H18N2O2S/c1-18-16(20)12-6-4-7-13(9-12)19-17(21)15-10-11-5-2-3-8-14(11)22-15/h4,6-7,9-10H,2-3,5,8H2,1H3,(H,18,20)(H,19,21). The molecule has 0 aliphatic heterocycles. The van der Waals surface area contributed by atoms with E-state index in [-0.39, 0.29) is 11.8 Å². The van der Waals surface area contributed by atoms with Crippen molar-refractivity contribution in [1.29, 1.82) is 0 Å². The molecule has 1 aromatic heterocycles. The smallest absolute Gasteiger partial charge is 0.265 e. The van der Waals surface area contributed by atoms with Gasteiger partial charge in [0.05, 0.1) is 4.88 Å². The Bertz CT molecular complexity index is 698. The van der Waals surface area contributed by atoms with Crippen LogP contribution in [0.1, 0.15) is 43.3 Å². The Hall–Kier alpha value is -2.14. The van der Waals surface area contributed by atoms with E-state index in [0.29, 0.717) is 11.3 Å². The van der Waals surface area contributed by atoms with E-state index in [4.69, 9.17) is 0 Å². The molecule has 22 heavy (non-hydrogen) atoms. The first-order chi connectivity index (χ1) is 10.7. The molecule has 114 valence electrons. The van der Waals surface area contributed by atoms with Crippen LogP contribution in [0.3, 0.4) is 0 Å². The molecule has 0 spiro atoms. The van der Waals surface area contributed by atoms with Crippen molar-refractivity contribution in [3.05, 3.63) is 51.2 Å². The van der Waals surface area contributed by atoms with Crippen molar-refractivity contribution in [3.63, 3.8) is 0 Å². The third-order valence-corrected chi connectivity index (χ3v) is 5.07. The van der Waals surface area contributed by atoms with Crippen molar-refractivity contribution in [2.45, 2.75) is 25.7 Å². The van der Waals surface area contributed by atoms with Crippen LogP contribution >= 0.6 is 11.3 Å². The van der Waals surface area contributed by atoms with Gasteiger partial charge in [-0.15, -0.1) is 11.3 Å². The molecule has 0 fully saturated rings. The minimum atomic E-state index is -0.164. The molecular formula is C17H18N2O2S. The van der Waals surface area contributed by atoms with Crippen molar-refractivity contribution < 1.29 is 9.59 Å². The third-order valence-electron chi connectivity index (χ3n) is 3.83. The molecule has 1 aliphatic rings. The molecule has 1 aromatic carbocycles. The summed E-state index contributed by atoms with van der Waals surface area (Å²) in [5, 5.41) is 5.46. The Balaban J connectivity index is 1.76. The topological polar surface area (TPSA) is 58.2 Å². The molecule has 1 heterocycles. The first-order valence-electron chi connectivity index (χ1n) is 7.42. The summed E-state index contributed by atoms with van der Waals surface area (Å²) in [6.45, 7) is 0.